The molecule has 10 heteroatoms. The van der Waals surface area contributed by atoms with Gasteiger partial charge in [-0.25, -0.2) is 4.79 Å². The van der Waals surface area contributed by atoms with Crippen molar-refractivity contribution in [2.24, 2.45) is 16.0 Å². The number of anilines is 2. The van der Waals surface area contributed by atoms with Crippen LogP contribution in [0.1, 0.15) is 5.56 Å². The zero-order valence-electron chi connectivity index (χ0n) is 13.5. The largest absolute Gasteiger partial charge is 0.388 e. The second-order valence-corrected chi connectivity index (χ2v) is 6.49. The van der Waals surface area contributed by atoms with Crippen molar-refractivity contribution in [1.29, 1.82) is 0 Å². The van der Waals surface area contributed by atoms with Gasteiger partial charge in [0.15, 0.2) is 0 Å². The molecule has 0 radical (unpaired) electrons. The van der Waals surface area contributed by atoms with Gasteiger partial charge in [-0.05, 0) is 48.9 Å². The Bertz CT molecular complexity index is 941. The van der Waals surface area contributed by atoms with Crippen LogP contribution in [0.15, 0.2) is 51.5 Å². The maximum absolute atomic E-state index is 11.2. The summed E-state index contributed by atoms with van der Waals surface area (Å²) in [5.41, 5.74) is 7.35. The highest BCUT2D eigenvalue weighted by Gasteiger charge is 2.13. The predicted molar refractivity (Wildman–Crippen MR) is 94.4 cm³/mol. The number of aryl methyl sites for hydroxylation is 1. The van der Waals surface area contributed by atoms with Gasteiger partial charge in [-0.1, -0.05) is 0 Å². The molecule has 0 fully saturated rings. The molecule has 0 unspecified atom stereocenters. The van der Waals surface area contributed by atoms with E-state index in [1.807, 2.05) is 0 Å². The second-order valence-electron chi connectivity index (χ2n) is 5.10. The fourth-order valence-electron chi connectivity index (χ4n) is 2.11. The number of nitrogens with one attached hydrogen (secondary N) is 2. The lowest BCUT2D eigenvalue weighted by molar-refractivity contribution is 0.259. The number of benzene rings is 2. The molecule has 0 aliphatic carbocycles. The number of amides is 2. The Morgan fingerprint density at radius 3 is 2.44 bits per heavy atom. The summed E-state index contributed by atoms with van der Waals surface area (Å²) in [5, 5.41) is 13.5. The number of azo groups is 1. The van der Waals surface area contributed by atoms with Gasteiger partial charge in [-0.15, -0.1) is 5.11 Å². The third-order valence-corrected chi connectivity index (χ3v) is 4.27. The van der Waals surface area contributed by atoms with E-state index < -0.39 is 16.1 Å². The Morgan fingerprint density at radius 2 is 1.88 bits per heavy atom. The third kappa shape index (κ3) is 4.75. The summed E-state index contributed by atoms with van der Waals surface area (Å²) in [5.74, 6) is 0. The Morgan fingerprint density at radius 1 is 1.16 bits per heavy atom. The van der Waals surface area contributed by atoms with Crippen LogP contribution in [0.5, 0.6) is 0 Å². The summed E-state index contributed by atoms with van der Waals surface area (Å²) in [7, 11) is -2.56. The number of carbonyl (C=O) groups excluding carboxylic acids is 1. The van der Waals surface area contributed by atoms with Gasteiger partial charge in [-0.3, -0.25) is 4.55 Å². The van der Waals surface area contributed by atoms with Crippen molar-refractivity contribution in [1.82, 2.24) is 0 Å². The molecule has 0 aliphatic heterocycles. The van der Waals surface area contributed by atoms with Gasteiger partial charge < -0.3 is 16.4 Å². The first-order chi connectivity index (χ1) is 11.7. The van der Waals surface area contributed by atoms with Crippen LogP contribution in [-0.2, 0) is 10.1 Å². The van der Waals surface area contributed by atoms with Crippen molar-refractivity contribution in [3.63, 3.8) is 0 Å². The normalized spacial score (nSPS) is 11.5. The molecule has 9 nitrogen and oxygen atoms in total. The van der Waals surface area contributed by atoms with E-state index in [1.165, 1.54) is 25.1 Å². The maximum Gasteiger partial charge on any atom is 0.316 e. The molecule has 2 aromatic carbocycles. The second kappa shape index (κ2) is 7.28. The van der Waals surface area contributed by atoms with Crippen LogP contribution >= 0.6 is 0 Å². The molecule has 0 spiro atoms. The van der Waals surface area contributed by atoms with Gasteiger partial charge in [0.05, 0.1) is 16.3 Å². The minimum atomic E-state index is -4.29. The van der Waals surface area contributed by atoms with Crippen molar-refractivity contribution in [3.05, 3.63) is 42.0 Å². The van der Waals surface area contributed by atoms with E-state index in [0.717, 1.165) is 5.69 Å². The van der Waals surface area contributed by atoms with Gasteiger partial charge in [-0.2, -0.15) is 13.5 Å². The van der Waals surface area contributed by atoms with E-state index in [4.69, 9.17) is 10.3 Å². The topological polar surface area (TPSA) is 146 Å². The molecule has 2 amide bonds. The van der Waals surface area contributed by atoms with E-state index in [1.54, 1.807) is 25.2 Å². The number of hydrogen-bond acceptors (Lipinski definition) is 6. The lowest BCUT2D eigenvalue weighted by atomic mass is 10.2. The molecule has 0 saturated carbocycles. The molecular weight excluding hydrogens is 346 g/mol. The highest BCUT2D eigenvalue weighted by Crippen LogP contribution is 2.30. The number of carbonyl (C=O) groups is 1. The summed E-state index contributed by atoms with van der Waals surface area (Å²) < 4.78 is 31.5. The Labute approximate surface area is 144 Å². The van der Waals surface area contributed by atoms with Crippen LogP contribution in [0.2, 0.25) is 0 Å². The molecule has 0 bridgehead atoms. The van der Waals surface area contributed by atoms with E-state index in [-0.39, 0.29) is 4.90 Å². The van der Waals surface area contributed by atoms with Crippen LogP contribution in [0.3, 0.4) is 0 Å². The molecule has 0 heterocycles. The minimum Gasteiger partial charge on any atom is -0.388 e. The summed E-state index contributed by atoms with van der Waals surface area (Å²) in [6.45, 7) is 1.53. The summed E-state index contributed by atoms with van der Waals surface area (Å²) >= 11 is 0. The van der Waals surface area contributed by atoms with Crippen molar-refractivity contribution in [2.75, 3.05) is 17.7 Å². The maximum atomic E-state index is 11.2. The van der Waals surface area contributed by atoms with Crippen molar-refractivity contribution < 1.29 is 17.8 Å². The molecule has 2 aromatic rings. The number of nitrogens with zero attached hydrogens (tertiary/aromatic N) is 2. The molecule has 132 valence electrons. The van der Waals surface area contributed by atoms with Crippen LogP contribution in [0.25, 0.3) is 0 Å². The van der Waals surface area contributed by atoms with Crippen LogP contribution in [0, 0.1) is 6.92 Å². The SMILES string of the molecule is CNc1ccc(N=Nc2ccc(S(=O)(=O)O)c(C)c2)c(NC(N)=O)c1. The first kappa shape index (κ1) is 18.4. The Balaban J connectivity index is 2.36. The van der Waals surface area contributed by atoms with Gasteiger partial charge in [0, 0.05) is 12.7 Å². The first-order valence-corrected chi connectivity index (χ1v) is 8.53. The highest BCUT2D eigenvalue weighted by atomic mass is 32.2. The predicted octanol–water partition coefficient (Wildman–Crippen LogP) is 3.19. The highest BCUT2D eigenvalue weighted by molar-refractivity contribution is 7.85. The average Bonchev–Trinajstić information content (AvgIpc) is 2.51. The zero-order valence-corrected chi connectivity index (χ0v) is 14.3. The lowest BCUT2D eigenvalue weighted by Crippen LogP contribution is -2.19. The molecular formula is C15H17N5O4S. The number of urea groups is 1. The van der Waals surface area contributed by atoms with E-state index in [2.05, 4.69) is 20.9 Å². The molecule has 0 aromatic heterocycles. The van der Waals surface area contributed by atoms with Crippen LogP contribution < -0.4 is 16.4 Å². The minimum absolute atomic E-state index is 0.194. The summed E-state index contributed by atoms with van der Waals surface area (Å²) in [6, 6.07) is 8.40. The smallest absolute Gasteiger partial charge is 0.316 e. The molecule has 0 saturated heterocycles. The average molecular weight is 363 g/mol. The molecule has 25 heavy (non-hydrogen) atoms. The summed E-state index contributed by atoms with van der Waals surface area (Å²) in [4.78, 5) is 10.9. The molecule has 0 atom stereocenters. The molecule has 2 rings (SSSR count). The fourth-order valence-corrected chi connectivity index (χ4v) is 2.81. The van der Waals surface area contributed by atoms with E-state index >= 15 is 0 Å². The summed E-state index contributed by atoms with van der Waals surface area (Å²) in [6.07, 6.45) is 0. The fraction of sp³-hybridized carbons (Fsp3) is 0.133. The molecule has 0 aliphatic rings. The van der Waals surface area contributed by atoms with Gasteiger partial charge in [0.2, 0.25) is 0 Å². The number of nitrogens with two attached hydrogens (primary N) is 1. The standard InChI is InChI=1S/C15H17N5O4S/c1-9-7-11(4-6-14(9)25(22,23)24)19-20-12-5-3-10(17-2)8-13(12)18-15(16)21/h3-8,17H,1-2H3,(H3,16,18,21)(H,22,23,24). The number of hydrogen-bond donors (Lipinski definition) is 4. The van der Waals surface area contributed by atoms with Gasteiger partial charge >= 0.3 is 6.03 Å². The molecule has 5 N–H and O–H groups in total. The van der Waals surface area contributed by atoms with Crippen molar-refractivity contribution in [3.8, 4) is 0 Å². The first-order valence-electron chi connectivity index (χ1n) is 7.09. The quantitative estimate of drug-likeness (QED) is 0.476. The van der Waals surface area contributed by atoms with Crippen LogP contribution in [0.4, 0.5) is 27.5 Å². The van der Waals surface area contributed by atoms with E-state index in [9.17, 15) is 13.2 Å². The van der Waals surface area contributed by atoms with Crippen molar-refractivity contribution in [2.45, 2.75) is 11.8 Å². The van der Waals surface area contributed by atoms with Crippen molar-refractivity contribution >= 4 is 38.9 Å². The van der Waals surface area contributed by atoms with E-state index in [0.29, 0.717) is 22.6 Å². The Kier molecular flexibility index (Phi) is 5.35. The lowest BCUT2D eigenvalue weighted by Gasteiger charge is -2.08. The third-order valence-electron chi connectivity index (χ3n) is 3.25. The number of primary amides is 1. The zero-order chi connectivity index (χ0) is 18.6. The number of rotatable bonds is 5. The van der Waals surface area contributed by atoms with Gasteiger partial charge in [0.25, 0.3) is 10.1 Å². The monoisotopic (exact) mass is 363 g/mol. The van der Waals surface area contributed by atoms with Crippen LogP contribution in [-0.4, -0.2) is 26.0 Å². The Hall–Kier alpha value is -2.98. The van der Waals surface area contributed by atoms with Gasteiger partial charge in [0.1, 0.15) is 5.69 Å².